The first kappa shape index (κ1) is 15.2. The van der Waals surface area contributed by atoms with Gasteiger partial charge < -0.3 is 0 Å². The van der Waals surface area contributed by atoms with E-state index in [1.54, 1.807) is 12.1 Å². The fourth-order valence-corrected chi connectivity index (χ4v) is 4.48. The number of aromatic nitrogens is 1. The molecule has 22 heavy (non-hydrogen) atoms. The van der Waals surface area contributed by atoms with Crippen LogP contribution in [0.2, 0.25) is 0 Å². The van der Waals surface area contributed by atoms with Gasteiger partial charge in [0.05, 0.1) is 16.2 Å². The number of fused-ring (bicyclic) bond motifs is 1. The Balaban J connectivity index is 1.88. The Morgan fingerprint density at radius 1 is 1.23 bits per heavy atom. The number of sulfone groups is 1. The maximum Gasteiger partial charge on any atom is 0.258 e. The normalized spacial score (nSPS) is 14.4. The number of nitrogens with one attached hydrogen (secondary N) is 1. The van der Waals surface area contributed by atoms with Crippen LogP contribution < -0.4 is 5.32 Å². The van der Waals surface area contributed by atoms with E-state index in [1.165, 1.54) is 28.3 Å². The highest BCUT2D eigenvalue weighted by Crippen LogP contribution is 2.30. The van der Waals surface area contributed by atoms with Crippen molar-refractivity contribution in [3.63, 3.8) is 0 Å². The third kappa shape index (κ3) is 3.05. The van der Waals surface area contributed by atoms with Gasteiger partial charge in [-0.15, -0.1) is 11.3 Å². The first-order chi connectivity index (χ1) is 10.4. The molecule has 0 saturated heterocycles. The fraction of sp³-hybridized carbons (Fsp3) is 0.333. The fourth-order valence-electron chi connectivity index (χ4n) is 2.55. The zero-order valence-corrected chi connectivity index (χ0v) is 13.8. The van der Waals surface area contributed by atoms with E-state index >= 15 is 0 Å². The van der Waals surface area contributed by atoms with E-state index in [0.717, 1.165) is 37.6 Å². The molecule has 1 heterocycles. The molecule has 116 valence electrons. The van der Waals surface area contributed by atoms with Crippen LogP contribution in [-0.4, -0.2) is 25.6 Å². The Hall–Kier alpha value is -1.73. The van der Waals surface area contributed by atoms with Crippen molar-refractivity contribution in [2.45, 2.75) is 30.6 Å². The molecular formula is C15H16N2O3S2. The number of carbonyl (C=O) groups excluding carboxylic acids is 1. The molecule has 1 aliphatic carbocycles. The van der Waals surface area contributed by atoms with Crippen LogP contribution in [0.25, 0.3) is 0 Å². The van der Waals surface area contributed by atoms with Crippen molar-refractivity contribution in [3.8, 4) is 0 Å². The minimum absolute atomic E-state index is 0.0359. The van der Waals surface area contributed by atoms with Crippen LogP contribution in [0.1, 0.15) is 33.8 Å². The Kier molecular flexibility index (Phi) is 4.01. The highest BCUT2D eigenvalue weighted by Gasteiger charge is 2.20. The third-order valence-electron chi connectivity index (χ3n) is 3.60. The van der Waals surface area contributed by atoms with Gasteiger partial charge >= 0.3 is 0 Å². The number of amides is 1. The Bertz CT molecular complexity index is 802. The predicted octanol–water partition coefficient (Wildman–Crippen LogP) is 2.68. The van der Waals surface area contributed by atoms with Gasteiger partial charge in [0.1, 0.15) is 0 Å². The second kappa shape index (κ2) is 5.81. The Morgan fingerprint density at radius 3 is 2.68 bits per heavy atom. The molecule has 2 aromatic rings. The lowest BCUT2D eigenvalue weighted by Gasteiger charge is -2.07. The van der Waals surface area contributed by atoms with Crippen LogP contribution in [0.3, 0.4) is 0 Å². The number of hydrogen-bond donors (Lipinski definition) is 1. The molecule has 1 aromatic carbocycles. The molecule has 0 fully saturated rings. The minimum atomic E-state index is -3.45. The van der Waals surface area contributed by atoms with Crippen molar-refractivity contribution in [3.05, 3.63) is 40.4 Å². The van der Waals surface area contributed by atoms with Gasteiger partial charge in [-0.1, -0.05) is 12.1 Å². The summed E-state index contributed by atoms with van der Waals surface area (Å²) in [6, 6.07) is 6.21. The number of aryl methyl sites for hydroxylation is 2. The van der Waals surface area contributed by atoms with Crippen molar-refractivity contribution in [1.82, 2.24) is 4.98 Å². The quantitative estimate of drug-likeness (QED) is 0.935. The molecular weight excluding hydrogens is 320 g/mol. The highest BCUT2D eigenvalue weighted by molar-refractivity contribution is 7.90. The molecule has 0 aliphatic heterocycles. The average Bonchev–Trinajstić information content (AvgIpc) is 2.88. The summed E-state index contributed by atoms with van der Waals surface area (Å²) in [6.45, 7) is 0. The smallest absolute Gasteiger partial charge is 0.258 e. The van der Waals surface area contributed by atoms with Crippen molar-refractivity contribution in [2.75, 3.05) is 11.6 Å². The maximum absolute atomic E-state index is 12.4. The molecule has 1 aliphatic rings. The first-order valence-corrected chi connectivity index (χ1v) is 9.75. The number of nitrogens with zero attached hydrogens (tertiary/aromatic N) is 1. The molecule has 0 spiro atoms. The Morgan fingerprint density at radius 2 is 1.95 bits per heavy atom. The lowest BCUT2D eigenvalue weighted by molar-refractivity contribution is 0.102. The number of hydrogen-bond acceptors (Lipinski definition) is 5. The summed E-state index contributed by atoms with van der Waals surface area (Å²) in [7, 11) is -3.45. The molecule has 0 unspecified atom stereocenters. The second-order valence-electron chi connectivity index (χ2n) is 5.32. The average molecular weight is 336 g/mol. The number of anilines is 1. The van der Waals surface area contributed by atoms with Gasteiger partial charge in [-0.3, -0.25) is 10.1 Å². The summed E-state index contributed by atoms with van der Waals surface area (Å²) in [5.74, 6) is -0.438. The van der Waals surface area contributed by atoms with Crippen LogP contribution >= 0.6 is 11.3 Å². The molecule has 1 aromatic heterocycles. The topological polar surface area (TPSA) is 76.1 Å². The summed E-state index contributed by atoms with van der Waals surface area (Å²) in [5.41, 5.74) is 1.21. The van der Waals surface area contributed by atoms with Crippen LogP contribution in [0.5, 0.6) is 0 Å². The van der Waals surface area contributed by atoms with Gasteiger partial charge in [0.15, 0.2) is 15.0 Å². The van der Waals surface area contributed by atoms with Crippen LogP contribution in [0.4, 0.5) is 5.13 Å². The number of carbonyl (C=O) groups is 1. The summed E-state index contributed by atoms with van der Waals surface area (Å²) < 4.78 is 23.6. The predicted molar refractivity (Wildman–Crippen MR) is 86.3 cm³/mol. The van der Waals surface area contributed by atoms with E-state index in [-0.39, 0.29) is 10.5 Å². The summed E-state index contributed by atoms with van der Waals surface area (Å²) in [4.78, 5) is 18.1. The monoisotopic (exact) mass is 336 g/mol. The molecule has 0 atom stereocenters. The minimum Gasteiger partial charge on any atom is -0.298 e. The van der Waals surface area contributed by atoms with Gasteiger partial charge in [-0.2, -0.15) is 0 Å². The van der Waals surface area contributed by atoms with E-state index in [4.69, 9.17) is 0 Å². The van der Waals surface area contributed by atoms with Crippen molar-refractivity contribution >= 4 is 32.2 Å². The van der Waals surface area contributed by atoms with Crippen LogP contribution in [-0.2, 0) is 22.7 Å². The van der Waals surface area contributed by atoms with Gasteiger partial charge in [0.2, 0.25) is 0 Å². The van der Waals surface area contributed by atoms with E-state index in [2.05, 4.69) is 10.3 Å². The molecule has 5 nitrogen and oxygen atoms in total. The van der Waals surface area contributed by atoms with Crippen molar-refractivity contribution in [1.29, 1.82) is 0 Å². The lowest BCUT2D eigenvalue weighted by Crippen LogP contribution is -2.16. The van der Waals surface area contributed by atoms with Gasteiger partial charge in [0.25, 0.3) is 5.91 Å². The molecule has 1 amide bonds. The lowest BCUT2D eigenvalue weighted by atomic mass is 10.0. The number of benzene rings is 1. The number of rotatable bonds is 3. The molecule has 0 bridgehead atoms. The molecule has 7 heteroatoms. The van der Waals surface area contributed by atoms with Crippen molar-refractivity contribution in [2.24, 2.45) is 0 Å². The molecule has 1 N–H and O–H groups in total. The van der Waals surface area contributed by atoms with Crippen LogP contribution in [0, 0.1) is 0 Å². The van der Waals surface area contributed by atoms with Crippen LogP contribution in [0.15, 0.2) is 29.2 Å². The summed E-state index contributed by atoms with van der Waals surface area (Å²) in [6.07, 6.45) is 5.33. The van der Waals surface area contributed by atoms with Gasteiger partial charge in [-0.05, 0) is 37.8 Å². The van der Waals surface area contributed by atoms with E-state index in [1.807, 2.05) is 0 Å². The maximum atomic E-state index is 12.4. The molecule has 0 radical (unpaired) electrons. The third-order valence-corrected chi connectivity index (χ3v) is 5.83. The summed E-state index contributed by atoms with van der Waals surface area (Å²) >= 11 is 1.48. The van der Waals surface area contributed by atoms with Gasteiger partial charge in [0, 0.05) is 11.1 Å². The van der Waals surface area contributed by atoms with Gasteiger partial charge in [-0.25, -0.2) is 13.4 Å². The molecule has 3 rings (SSSR count). The Labute approximate surface area is 133 Å². The summed E-state index contributed by atoms with van der Waals surface area (Å²) in [5, 5.41) is 3.27. The zero-order chi connectivity index (χ0) is 15.7. The highest BCUT2D eigenvalue weighted by atomic mass is 32.2. The second-order valence-corrected chi connectivity index (χ2v) is 8.39. The van der Waals surface area contributed by atoms with Crippen molar-refractivity contribution < 1.29 is 13.2 Å². The van der Waals surface area contributed by atoms with E-state index in [9.17, 15) is 13.2 Å². The largest absolute Gasteiger partial charge is 0.298 e. The van der Waals surface area contributed by atoms with E-state index in [0.29, 0.717) is 5.13 Å². The first-order valence-electron chi connectivity index (χ1n) is 7.04. The molecule has 0 saturated carbocycles. The standard InChI is InChI=1S/C15H16N2O3S2/c1-22(19,20)13-9-5-2-6-10(13)14(18)17-15-16-11-7-3-4-8-12(11)21-15/h2,5-6,9H,3-4,7-8H2,1H3,(H,16,17,18). The number of thiazole rings is 1. The zero-order valence-electron chi connectivity index (χ0n) is 12.1. The van der Waals surface area contributed by atoms with E-state index < -0.39 is 15.7 Å². The SMILES string of the molecule is CS(=O)(=O)c1ccccc1C(=O)Nc1nc2c(s1)CCCC2.